The molecule has 1 atom stereocenters. The molecule has 0 radical (unpaired) electrons. The fourth-order valence-electron chi connectivity index (χ4n) is 3.66. The van der Waals surface area contributed by atoms with Gasteiger partial charge in [0.1, 0.15) is 0 Å². The Morgan fingerprint density at radius 1 is 1.11 bits per heavy atom. The third-order valence-electron chi connectivity index (χ3n) is 5.10. The second kappa shape index (κ2) is 7.35. The van der Waals surface area contributed by atoms with Crippen LogP contribution in [0.4, 0.5) is 5.69 Å². The van der Waals surface area contributed by atoms with Gasteiger partial charge in [-0.05, 0) is 29.0 Å². The van der Waals surface area contributed by atoms with Crippen molar-refractivity contribution in [3.63, 3.8) is 0 Å². The predicted molar refractivity (Wildman–Crippen MR) is 108 cm³/mol. The summed E-state index contributed by atoms with van der Waals surface area (Å²) in [6.45, 7) is 4.48. The van der Waals surface area contributed by atoms with Gasteiger partial charge < -0.3 is 5.32 Å². The highest BCUT2D eigenvalue weighted by molar-refractivity contribution is 7.92. The van der Waals surface area contributed by atoms with Crippen molar-refractivity contribution in [2.45, 2.75) is 38.1 Å². The third kappa shape index (κ3) is 4.33. The van der Waals surface area contributed by atoms with Crippen molar-refractivity contribution >= 4 is 21.6 Å². The van der Waals surface area contributed by atoms with Gasteiger partial charge in [0.15, 0.2) is 0 Å². The number of nitrogens with one attached hydrogen (secondary N) is 1. The number of carbonyl (C=O) groups is 1. The fraction of sp³-hybridized carbons (Fsp3) is 0.381. The smallest absolute Gasteiger partial charge is 0.232 e. The second-order valence-corrected chi connectivity index (χ2v) is 9.64. The van der Waals surface area contributed by atoms with Gasteiger partial charge in [-0.15, -0.1) is 0 Å². The van der Waals surface area contributed by atoms with Gasteiger partial charge in [-0.3, -0.25) is 9.10 Å². The highest BCUT2D eigenvalue weighted by Gasteiger charge is 2.31. The number of rotatable bonds is 5. The zero-order chi connectivity index (χ0) is 19.7. The Kier molecular flexibility index (Phi) is 5.29. The molecule has 1 aliphatic heterocycles. The van der Waals surface area contributed by atoms with Gasteiger partial charge in [-0.25, -0.2) is 8.42 Å². The molecule has 144 valence electrons. The first-order valence-electron chi connectivity index (χ1n) is 9.10. The summed E-state index contributed by atoms with van der Waals surface area (Å²) in [4.78, 5) is 12.7. The van der Waals surface area contributed by atoms with E-state index in [0.29, 0.717) is 25.1 Å². The Labute approximate surface area is 161 Å². The minimum atomic E-state index is -3.34. The average Bonchev–Trinajstić information content (AvgIpc) is 2.61. The summed E-state index contributed by atoms with van der Waals surface area (Å²) < 4.78 is 25.5. The van der Waals surface area contributed by atoms with E-state index in [4.69, 9.17) is 0 Å². The third-order valence-corrected chi connectivity index (χ3v) is 6.27. The molecule has 6 heteroatoms. The largest absolute Gasteiger partial charge is 0.349 e. The molecule has 1 heterocycles. The fourth-order valence-corrected chi connectivity index (χ4v) is 4.62. The number of sulfonamides is 1. The summed E-state index contributed by atoms with van der Waals surface area (Å²) in [6.07, 6.45) is 2.14. The zero-order valence-corrected chi connectivity index (χ0v) is 16.8. The van der Waals surface area contributed by atoms with E-state index in [1.807, 2.05) is 48.5 Å². The molecule has 0 spiro atoms. The molecule has 0 aliphatic carbocycles. The van der Waals surface area contributed by atoms with Crippen molar-refractivity contribution in [2.24, 2.45) is 0 Å². The molecule has 1 unspecified atom stereocenters. The van der Waals surface area contributed by atoms with E-state index in [1.165, 1.54) is 10.6 Å². The molecule has 5 nitrogen and oxygen atoms in total. The van der Waals surface area contributed by atoms with Crippen molar-refractivity contribution in [3.05, 3.63) is 65.7 Å². The van der Waals surface area contributed by atoms with E-state index < -0.39 is 10.0 Å². The lowest BCUT2D eigenvalue weighted by Gasteiger charge is -2.35. The standard InChI is InChI=1S/C21H26N2O3S/c1-21(2,16-9-5-4-6-10-16)15-20(24)22-18-13-14-23(27(3,25)26)19-12-8-7-11-17(18)19/h4-12,18H,13-15H2,1-3H3,(H,22,24). The number of fused-ring (bicyclic) bond motifs is 1. The Bertz CT molecular complexity index is 923. The maximum absolute atomic E-state index is 12.7. The van der Waals surface area contributed by atoms with Crippen LogP contribution >= 0.6 is 0 Å². The van der Waals surface area contributed by atoms with E-state index in [0.717, 1.165) is 11.1 Å². The average molecular weight is 387 g/mol. The lowest BCUT2D eigenvalue weighted by atomic mass is 9.81. The van der Waals surface area contributed by atoms with Crippen LogP contribution in [0.1, 0.15) is 43.9 Å². The topological polar surface area (TPSA) is 66.5 Å². The minimum Gasteiger partial charge on any atom is -0.349 e. The Morgan fingerprint density at radius 3 is 2.41 bits per heavy atom. The summed E-state index contributed by atoms with van der Waals surface area (Å²) in [7, 11) is -3.34. The van der Waals surface area contributed by atoms with Crippen LogP contribution in [0.3, 0.4) is 0 Å². The highest BCUT2D eigenvalue weighted by atomic mass is 32.2. The summed E-state index contributed by atoms with van der Waals surface area (Å²) in [6, 6.07) is 17.2. The van der Waals surface area contributed by atoms with Crippen molar-refractivity contribution in [1.82, 2.24) is 5.32 Å². The van der Waals surface area contributed by atoms with Crippen LogP contribution in [0.15, 0.2) is 54.6 Å². The molecule has 1 aliphatic rings. The van der Waals surface area contributed by atoms with Gasteiger partial charge in [0, 0.05) is 13.0 Å². The Balaban J connectivity index is 1.77. The Hall–Kier alpha value is -2.34. The molecule has 2 aromatic rings. The number of hydrogen-bond acceptors (Lipinski definition) is 3. The number of nitrogens with zero attached hydrogens (tertiary/aromatic N) is 1. The van der Waals surface area contributed by atoms with Crippen LogP contribution in [0.5, 0.6) is 0 Å². The maximum atomic E-state index is 12.7. The first-order chi connectivity index (χ1) is 12.7. The molecular weight excluding hydrogens is 360 g/mol. The van der Waals surface area contributed by atoms with Crippen LogP contribution in [-0.2, 0) is 20.2 Å². The first-order valence-corrected chi connectivity index (χ1v) is 10.9. The quantitative estimate of drug-likeness (QED) is 0.857. The van der Waals surface area contributed by atoms with E-state index in [1.54, 1.807) is 6.07 Å². The van der Waals surface area contributed by atoms with Crippen LogP contribution < -0.4 is 9.62 Å². The van der Waals surface area contributed by atoms with E-state index in [9.17, 15) is 13.2 Å². The van der Waals surface area contributed by atoms with Crippen LogP contribution in [0.2, 0.25) is 0 Å². The van der Waals surface area contributed by atoms with Crippen molar-refractivity contribution < 1.29 is 13.2 Å². The number of anilines is 1. The van der Waals surface area contributed by atoms with E-state index >= 15 is 0 Å². The van der Waals surface area contributed by atoms with Crippen LogP contribution in [0, 0.1) is 0 Å². The van der Waals surface area contributed by atoms with Gasteiger partial charge in [-0.2, -0.15) is 0 Å². The number of para-hydroxylation sites is 1. The minimum absolute atomic E-state index is 0.0311. The molecule has 1 amide bonds. The molecule has 0 saturated carbocycles. The maximum Gasteiger partial charge on any atom is 0.232 e. The van der Waals surface area contributed by atoms with Crippen LogP contribution in [0.25, 0.3) is 0 Å². The molecule has 27 heavy (non-hydrogen) atoms. The second-order valence-electron chi connectivity index (χ2n) is 7.73. The van der Waals surface area contributed by atoms with Crippen molar-refractivity contribution in [2.75, 3.05) is 17.1 Å². The Morgan fingerprint density at radius 2 is 1.74 bits per heavy atom. The summed E-state index contributed by atoms with van der Waals surface area (Å²) >= 11 is 0. The number of amides is 1. The number of carbonyl (C=O) groups excluding carboxylic acids is 1. The normalized spacial score (nSPS) is 17.3. The van der Waals surface area contributed by atoms with E-state index in [2.05, 4.69) is 19.2 Å². The number of benzene rings is 2. The lowest BCUT2D eigenvalue weighted by Crippen LogP contribution is -2.41. The molecule has 0 bridgehead atoms. The molecule has 2 aromatic carbocycles. The van der Waals surface area contributed by atoms with Crippen molar-refractivity contribution in [3.8, 4) is 0 Å². The molecular formula is C21H26N2O3S. The molecule has 0 fully saturated rings. The summed E-state index contributed by atoms with van der Waals surface area (Å²) in [5.41, 5.74) is 2.34. The van der Waals surface area contributed by atoms with Gasteiger partial charge in [0.25, 0.3) is 0 Å². The van der Waals surface area contributed by atoms with Crippen molar-refractivity contribution in [1.29, 1.82) is 0 Å². The zero-order valence-electron chi connectivity index (χ0n) is 16.0. The van der Waals surface area contributed by atoms with Gasteiger partial charge in [0.05, 0.1) is 18.0 Å². The van der Waals surface area contributed by atoms with Gasteiger partial charge >= 0.3 is 0 Å². The molecule has 0 saturated heterocycles. The van der Waals surface area contributed by atoms with Gasteiger partial charge in [-0.1, -0.05) is 62.4 Å². The molecule has 1 N–H and O–H groups in total. The van der Waals surface area contributed by atoms with E-state index in [-0.39, 0.29) is 17.4 Å². The monoisotopic (exact) mass is 386 g/mol. The lowest BCUT2D eigenvalue weighted by molar-refractivity contribution is -0.122. The van der Waals surface area contributed by atoms with Gasteiger partial charge in [0.2, 0.25) is 15.9 Å². The predicted octanol–water partition coefficient (Wildman–Crippen LogP) is 3.38. The summed E-state index contributed by atoms with van der Waals surface area (Å²) in [5, 5.41) is 3.11. The summed E-state index contributed by atoms with van der Waals surface area (Å²) in [5.74, 6) is -0.0311. The molecule has 0 aromatic heterocycles. The molecule has 3 rings (SSSR count). The van der Waals surface area contributed by atoms with Crippen LogP contribution in [-0.4, -0.2) is 27.1 Å². The number of hydrogen-bond donors (Lipinski definition) is 1. The highest BCUT2D eigenvalue weighted by Crippen LogP contribution is 2.35. The first kappa shape index (κ1) is 19.4. The SMILES string of the molecule is CC(C)(CC(=O)NC1CCN(S(C)(=O)=O)c2ccccc21)c1ccccc1.